The third-order valence-electron chi connectivity index (χ3n) is 3.71. The van der Waals surface area contributed by atoms with Crippen LogP contribution in [0.3, 0.4) is 0 Å². The quantitative estimate of drug-likeness (QED) is 0.782. The Morgan fingerprint density at radius 2 is 1.67 bits per heavy atom. The first-order valence-electron chi connectivity index (χ1n) is 8.07. The molecule has 0 heterocycles. The Hall–Kier alpha value is -2.56. The first-order valence-corrected chi connectivity index (χ1v) is 8.07. The zero-order valence-corrected chi connectivity index (χ0v) is 14.2. The predicted molar refractivity (Wildman–Crippen MR) is 97.0 cm³/mol. The fourth-order valence-corrected chi connectivity index (χ4v) is 2.28. The standard InChI is InChI=1S/C19H24FN3O/c1-23(2)18-9-7-17(8-10-18)21-14-12-19(24)22-13-11-15-3-5-16(20)6-4-15/h3-10,21H,11-14H2,1-2H3,(H,22,24). The number of nitrogens with one attached hydrogen (secondary N) is 2. The molecule has 0 bridgehead atoms. The molecular formula is C19H24FN3O. The monoisotopic (exact) mass is 329 g/mol. The molecule has 0 aromatic heterocycles. The van der Waals surface area contributed by atoms with Crippen LogP contribution in [-0.2, 0) is 11.2 Å². The number of hydrogen-bond donors (Lipinski definition) is 2. The Morgan fingerprint density at radius 1 is 1.00 bits per heavy atom. The molecule has 0 aliphatic rings. The van der Waals surface area contributed by atoms with E-state index in [1.165, 1.54) is 12.1 Å². The third kappa shape index (κ3) is 5.91. The number of amides is 1. The fraction of sp³-hybridized carbons (Fsp3) is 0.316. The minimum absolute atomic E-state index is 0.00882. The second-order valence-corrected chi connectivity index (χ2v) is 5.84. The van der Waals surface area contributed by atoms with Gasteiger partial charge in [0.2, 0.25) is 5.91 Å². The summed E-state index contributed by atoms with van der Waals surface area (Å²) >= 11 is 0. The summed E-state index contributed by atoms with van der Waals surface area (Å²) in [6, 6.07) is 14.4. The molecule has 2 aromatic carbocycles. The third-order valence-corrected chi connectivity index (χ3v) is 3.71. The Balaban J connectivity index is 1.63. The van der Waals surface area contributed by atoms with Crippen molar-refractivity contribution in [3.05, 3.63) is 59.9 Å². The molecule has 4 nitrogen and oxygen atoms in total. The van der Waals surface area contributed by atoms with Crippen molar-refractivity contribution in [2.24, 2.45) is 0 Å². The Bertz CT molecular complexity index is 639. The minimum atomic E-state index is -0.243. The van der Waals surface area contributed by atoms with Gasteiger partial charge in [-0.05, 0) is 48.4 Å². The van der Waals surface area contributed by atoms with Crippen LogP contribution in [0.4, 0.5) is 15.8 Å². The van der Waals surface area contributed by atoms with Crippen LogP contribution in [-0.4, -0.2) is 33.1 Å². The molecule has 0 saturated carbocycles. The molecule has 2 N–H and O–H groups in total. The van der Waals surface area contributed by atoms with Crippen LogP contribution < -0.4 is 15.5 Å². The average Bonchev–Trinajstić information content (AvgIpc) is 2.57. The highest BCUT2D eigenvalue weighted by molar-refractivity contribution is 5.76. The zero-order valence-electron chi connectivity index (χ0n) is 14.2. The van der Waals surface area contributed by atoms with Gasteiger partial charge in [-0.15, -0.1) is 0 Å². The summed E-state index contributed by atoms with van der Waals surface area (Å²) in [5.74, 6) is -0.234. The Labute approximate surface area is 142 Å². The van der Waals surface area contributed by atoms with Crippen LogP contribution in [0.25, 0.3) is 0 Å². The molecule has 0 fully saturated rings. The van der Waals surface area contributed by atoms with Gasteiger partial charge >= 0.3 is 0 Å². The van der Waals surface area contributed by atoms with Gasteiger partial charge in [0.15, 0.2) is 0 Å². The number of nitrogens with zero attached hydrogens (tertiary/aromatic N) is 1. The SMILES string of the molecule is CN(C)c1ccc(NCCC(=O)NCCc2ccc(F)cc2)cc1. The molecule has 0 radical (unpaired) electrons. The van der Waals surface area contributed by atoms with Crippen LogP contribution >= 0.6 is 0 Å². The summed E-state index contributed by atoms with van der Waals surface area (Å²) in [5.41, 5.74) is 3.15. The lowest BCUT2D eigenvalue weighted by molar-refractivity contribution is -0.120. The van der Waals surface area contributed by atoms with E-state index < -0.39 is 0 Å². The predicted octanol–water partition coefficient (Wildman–Crippen LogP) is 3.05. The van der Waals surface area contributed by atoms with Gasteiger partial charge in [0.1, 0.15) is 5.82 Å². The number of carbonyl (C=O) groups excluding carboxylic acids is 1. The van der Waals surface area contributed by atoms with E-state index in [1.54, 1.807) is 12.1 Å². The largest absolute Gasteiger partial charge is 0.385 e. The van der Waals surface area contributed by atoms with E-state index in [0.29, 0.717) is 25.9 Å². The lowest BCUT2D eigenvalue weighted by Crippen LogP contribution is -2.27. The van der Waals surface area contributed by atoms with Crippen LogP contribution in [0.15, 0.2) is 48.5 Å². The van der Waals surface area contributed by atoms with Crippen molar-refractivity contribution in [2.75, 3.05) is 37.4 Å². The highest BCUT2D eigenvalue weighted by Gasteiger charge is 2.02. The van der Waals surface area contributed by atoms with Crippen LogP contribution in [0.1, 0.15) is 12.0 Å². The van der Waals surface area contributed by atoms with Crippen molar-refractivity contribution in [2.45, 2.75) is 12.8 Å². The first-order chi connectivity index (χ1) is 11.5. The van der Waals surface area contributed by atoms with Crippen LogP contribution in [0.2, 0.25) is 0 Å². The van der Waals surface area contributed by atoms with Gasteiger partial charge in [0.25, 0.3) is 0 Å². The number of halogens is 1. The van der Waals surface area contributed by atoms with Crippen molar-refractivity contribution in [1.29, 1.82) is 0 Å². The van der Waals surface area contributed by atoms with Crippen LogP contribution in [0.5, 0.6) is 0 Å². The van der Waals surface area contributed by atoms with Crippen molar-refractivity contribution in [3.63, 3.8) is 0 Å². The molecule has 0 aliphatic carbocycles. The lowest BCUT2D eigenvalue weighted by Gasteiger charge is -2.13. The van der Waals surface area contributed by atoms with Gasteiger partial charge in [-0.1, -0.05) is 12.1 Å². The number of rotatable bonds is 8. The van der Waals surface area contributed by atoms with Crippen LogP contribution in [0, 0.1) is 5.82 Å². The van der Waals surface area contributed by atoms with Gasteiger partial charge < -0.3 is 15.5 Å². The number of carbonyl (C=O) groups is 1. The average molecular weight is 329 g/mol. The van der Waals surface area contributed by atoms with Gasteiger partial charge in [-0.2, -0.15) is 0 Å². The van der Waals surface area contributed by atoms with E-state index in [4.69, 9.17) is 0 Å². The minimum Gasteiger partial charge on any atom is -0.385 e. The van der Waals surface area contributed by atoms with E-state index in [-0.39, 0.29) is 11.7 Å². The van der Waals surface area contributed by atoms with Crippen molar-refractivity contribution < 1.29 is 9.18 Å². The lowest BCUT2D eigenvalue weighted by atomic mass is 10.1. The maximum atomic E-state index is 12.8. The van der Waals surface area contributed by atoms with Crippen molar-refractivity contribution in [3.8, 4) is 0 Å². The molecule has 24 heavy (non-hydrogen) atoms. The second-order valence-electron chi connectivity index (χ2n) is 5.84. The molecule has 0 atom stereocenters. The Morgan fingerprint density at radius 3 is 2.29 bits per heavy atom. The molecule has 1 amide bonds. The van der Waals surface area contributed by atoms with Gasteiger partial charge in [0.05, 0.1) is 0 Å². The van der Waals surface area contributed by atoms with Gasteiger partial charge in [-0.3, -0.25) is 4.79 Å². The summed E-state index contributed by atoms with van der Waals surface area (Å²) in [4.78, 5) is 13.8. The summed E-state index contributed by atoms with van der Waals surface area (Å²) in [5, 5.41) is 6.11. The number of hydrogen-bond acceptors (Lipinski definition) is 3. The van der Waals surface area contributed by atoms with E-state index in [9.17, 15) is 9.18 Å². The van der Waals surface area contributed by atoms with E-state index in [2.05, 4.69) is 10.6 Å². The van der Waals surface area contributed by atoms with Gasteiger partial charge in [0, 0.05) is 45.0 Å². The molecule has 128 valence electrons. The Kier molecular flexibility index (Phi) is 6.61. The summed E-state index contributed by atoms with van der Waals surface area (Å²) in [6.45, 7) is 1.14. The number of anilines is 2. The maximum Gasteiger partial charge on any atom is 0.221 e. The molecule has 2 aromatic rings. The maximum absolute atomic E-state index is 12.8. The fourth-order valence-electron chi connectivity index (χ4n) is 2.28. The normalized spacial score (nSPS) is 10.3. The molecule has 0 unspecified atom stereocenters. The molecule has 0 aliphatic heterocycles. The summed E-state index contributed by atoms with van der Waals surface area (Å²) in [7, 11) is 4.00. The van der Waals surface area contributed by atoms with Crippen molar-refractivity contribution >= 4 is 17.3 Å². The smallest absolute Gasteiger partial charge is 0.221 e. The molecule has 2 rings (SSSR count). The van der Waals surface area contributed by atoms with E-state index in [0.717, 1.165) is 16.9 Å². The van der Waals surface area contributed by atoms with E-state index >= 15 is 0 Å². The molecule has 0 saturated heterocycles. The highest BCUT2D eigenvalue weighted by Crippen LogP contribution is 2.15. The number of benzene rings is 2. The first kappa shape index (κ1) is 17.8. The topological polar surface area (TPSA) is 44.4 Å². The van der Waals surface area contributed by atoms with E-state index in [1.807, 2.05) is 43.3 Å². The molecule has 0 spiro atoms. The highest BCUT2D eigenvalue weighted by atomic mass is 19.1. The second kappa shape index (κ2) is 8.91. The van der Waals surface area contributed by atoms with Crippen molar-refractivity contribution in [1.82, 2.24) is 5.32 Å². The molecular weight excluding hydrogens is 305 g/mol. The summed E-state index contributed by atoms with van der Waals surface area (Å²) < 4.78 is 12.8. The molecule has 5 heteroatoms. The van der Waals surface area contributed by atoms with Gasteiger partial charge in [-0.25, -0.2) is 4.39 Å². The summed E-state index contributed by atoms with van der Waals surface area (Å²) in [6.07, 6.45) is 1.12. The zero-order chi connectivity index (χ0) is 17.4.